The zero-order valence-electron chi connectivity index (χ0n) is 10.3. The van der Waals surface area contributed by atoms with E-state index in [1.165, 1.54) is 24.0 Å². The van der Waals surface area contributed by atoms with Gasteiger partial charge in [0.05, 0.1) is 5.92 Å². The first-order chi connectivity index (χ1) is 8.24. The average molecular weight is 232 g/mol. The molecule has 1 aliphatic carbocycles. The van der Waals surface area contributed by atoms with E-state index in [2.05, 4.69) is 17.4 Å². The number of carbonyl (C=O) groups is 1. The summed E-state index contributed by atoms with van der Waals surface area (Å²) >= 11 is 0. The highest BCUT2D eigenvalue weighted by atomic mass is 16.1. The van der Waals surface area contributed by atoms with Crippen LogP contribution in [0, 0.1) is 5.92 Å². The Bertz CT molecular complexity index is 411. The largest absolute Gasteiger partial charge is 0.330 e. The van der Waals surface area contributed by atoms with Crippen molar-refractivity contribution in [2.45, 2.75) is 32.6 Å². The van der Waals surface area contributed by atoms with Crippen molar-refractivity contribution in [1.29, 1.82) is 0 Å². The Balaban J connectivity index is 2.06. The topological polar surface area (TPSA) is 55.1 Å². The quantitative estimate of drug-likeness (QED) is 0.835. The molecule has 92 valence electrons. The predicted molar refractivity (Wildman–Crippen MR) is 69.9 cm³/mol. The normalized spacial score (nSPS) is 15.4. The van der Waals surface area contributed by atoms with Gasteiger partial charge in [0.15, 0.2) is 0 Å². The van der Waals surface area contributed by atoms with Crippen molar-refractivity contribution in [3.05, 3.63) is 29.3 Å². The molecule has 2 rings (SSSR count). The van der Waals surface area contributed by atoms with E-state index in [9.17, 15) is 4.79 Å². The van der Waals surface area contributed by atoms with Crippen LogP contribution < -0.4 is 11.1 Å². The van der Waals surface area contributed by atoms with E-state index >= 15 is 0 Å². The molecule has 1 aliphatic rings. The van der Waals surface area contributed by atoms with Crippen molar-refractivity contribution >= 4 is 11.6 Å². The number of hydrogen-bond acceptors (Lipinski definition) is 2. The monoisotopic (exact) mass is 232 g/mol. The third kappa shape index (κ3) is 2.67. The summed E-state index contributed by atoms with van der Waals surface area (Å²) in [5.74, 6) is -0.0452. The molecule has 1 amide bonds. The predicted octanol–water partition coefficient (Wildman–Crippen LogP) is 2.10. The zero-order valence-corrected chi connectivity index (χ0v) is 10.3. The lowest BCUT2D eigenvalue weighted by molar-refractivity contribution is -0.119. The van der Waals surface area contributed by atoms with Gasteiger partial charge in [-0.1, -0.05) is 13.0 Å². The van der Waals surface area contributed by atoms with Gasteiger partial charge in [-0.25, -0.2) is 0 Å². The molecular weight excluding hydrogens is 212 g/mol. The Morgan fingerprint density at radius 3 is 2.88 bits per heavy atom. The van der Waals surface area contributed by atoms with Gasteiger partial charge in [0.25, 0.3) is 0 Å². The second-order valence-electron chi connectivity index (χ2n) is 4.67. The van der Waals surface area contributed by atoms with Crippen LogP contribution in [0.5, 0.6) is 0 Å². The molecule has 1 atom stereocenters. The molecule has 0 bridgehead atoms. The fourth-order valence-electron chi connectivity index (χ4n) is 2.35. The van der Waals surface area contributed by atoms with E-state index in [-0.39, 0.29) is 11.8 Å². The molecule has 1 aromatic rings. The Kier molecular flexibility index (Phi) is 3.79. The number of anilines is 1. The molecule has 0 saturated heterocycles. The van der Waals surface area contributed by atoms with E-state index in [1.807, 2.05) is 13.0 Å². The fourth-order valence-corrected chi connectivity index (χ4v) is 2.35. The van der Waals surface area contributed by atoms with Crippen LogP contribution in [0.3, 0.4) is 0 Å². The number of carbonyl (C=O) groups excluding carboxylic acids is 1. The standard InChI is InChI=1S/C14H20N2O/c1-2-10(9-15)14(17)16-13-7-6-11-4-3-5-12(11)8-13/h6-8,10H,2-5,9,15H2,1H3,(H,16,17). The van der Waals surface area contributed by atoms with Crippen molar-refractivity contribution in [2.24, 2.45) is 11.7 Å². The highest BCUT2D eigenvalue weighted by Crippen LogP contribution is 2.25. The van der Waals surface area contributed by atoms with Crippen LogP contribution in [0.1, 0.15) is 30.9 Å². The third-order valence-electron chi connectivity index (χ3n) is 3.51. The molecule has 17 heavy (non-hydrogen) atoms. The van der Waals surface area contributed by atoms with Crippen LogP contribution in [-0.2, 0) is 17.6 Å². The molecule has 3 heteroatoms. The Hall–Kier alpha value is -1.35. The van der Waals surface area contributed by atoms with Crippen molar-refractivity contribution in [2.75, 3.05) is 11.9 Å². The van der Waals surface area contributed by atoms with E-state index in [0.717, 1.165) is 18.5 Å². The van der Waals surface area contributed by atoms with Crippen LogP contribution in [-0.4, -0.2) is 12.5 Å². The van der Waals surface area contributed by atoms with Crippen molar-refractivity contribution in [3.8, 4) is 0 Å². The van der Waals surface area contributed by atoms with Gasteiger partial charge in [0.2, 0.25) is 5.91 Å². The lowest BCUT2D eigenvalue weighted by Crippen LogP contribution is -2.28. The number of hydrogen-bond donors (Lipinski definition) is 2. The van der Waals surface area contributed by atoms with Gasteiger partial charge in [0.1, 0.15) is 0 Å². The molecule has 0 saturated carbocycles. The number of aryl methyl sites for hydroxylation is 2. The minimum absolute atomic E-state index is 0.0351. The highest BCUT2D eigenvalue weighted by molar-refractivity contribution is 5.92. The average Bonchev–Trinajstić information content (AvgIpc) is 2.77. The summed E-state index contributed by atoms with van der Waals surface area (Å²) in [6.45, 7) is 2.40. The van der Waals surface area contributed by atoms with Crippen LogP contribution in [0.2, 0.25) is 0 Å². The maximum atomic E-state index is 11.9. The van der Waals surface area contributed by atoms with E-state index < -0.39 is 0 Å². The molecule has 1 unspecified atom stereocenters. The zero-order chi connectivity index (χ0) is 12.3. The number of nitrogens with two attached hydrogens (primary N) is 1. The number of nitrogens with one attached hydrogen (secondary N) is 1. The Morgan fingerprint density at radius 1 is 1.41 bits per heavy atom. The van der Waals surface area contributed by atoms with E-state index in [0.29, 0.717) is 6.54 Å². The first-order valence-electron chi connectivity index (χ1n) is 6.37. The molecule has 0 fully saturated rings. The first kappa shape index (κ1) is 12.1. The SMILES string of the molecule is CCC(CN)C(=O)Nc1ccc2c(c1)CCC2. The van der Waals surface area contributed by atoms with Crippen molar-refractivity contribution in [3.63, 3.8) is 0 Å². The molecule has 0 aliphatic heterocycles. The fraction of sp³-hybridized carbons (Fsp3) is 0.500. The maximum Gasteiger partial charge on any atom is 0.228 e. The molecule has 0 spiro atoms. The van der Waals surface area contributed by atoms with E-state index in [4.69, 9.17) is 5.73 Å². The minimum atomic E-state index is -0.0803. The molecule has 0 radical (unpaired) electrons. The molecule has 3 nitrogen and oxygen atoms in total. The highest BCUT2D eigenvalue weighted by Gasteiger charge is 2.16. The maximum absolute atomic E-state index is 11.9. The second kappa shape index (κ2) is 5.32. The number of amides is 1. The third-order valence-corrected chi connectivity index (χ3v) is 3.51. The van der Waals surface area contributed by atoms with Crippen LogP contribution in [0.4, 0.5) is 5.69 Å². The summed E-state index contributed by atoms with van der Waals surface area (Å²) in [7, 11) is 0. The lowest BCUT2D eigenvalue weighted by Gasteiger charge is -2.13. The molecular formula is C14H20N2O. The van der Waals surface area contributed by atoms with Gasteiger partial charge in [-0.3, -0.25) is 4.79 Å². The summed E-state index contributed by atoms with van der Waals surface area (Å²) in [6, 6.07) is 6.22. The van der Waals surface area contributed by atoms with Crippen molar-refractivity contribution in [1.82, 2.24) is 0 Å². The van der Waals surface area contributed by atoms with Gasteiger partial charge in [0, 0.05) is 12.2 Å². The van der Waals surface area contributed by atoms with Crippen LogP contribution >= 0.6 is 0 Å². The van der Waals surface area contributed by atoms with Gasteiger partial charge < -0.3 is 11.1 Å². The van der Waals surface area contributed by atoms with Gasteiger partial charge in [-0.15, -0.1) is 0 Å². The Morgan fingerprint density at radius 2 is 2.18 bits per heavy atom. The molecule has 0 aromatic heterocycles. The van der Waals surface area contributed by atoms with Gasteiger partial charge in [-0.2, -0.15) is 0 Å². The molecule has 3 N–H and O–H groups in total. The van der Waals surface area contributed by atoms with Gasteiger partial charge >= 0.3 is 0 Å². The first-order valence-corrected chi connectivity index (χ1v) is 6.37. The smallest absolute Gasteiger partial charge is 0.228 e. The Labute approximate surface area is 102 Å². The minimum Gasteiger partial charge on any atom is -0.330 e. The molecule has 1 aromatic carbocycles. The van der Waals surface area contributed by atoms with Crippen LogP contribution in [0.25, 0.3) is 0 Å². The summed E-state index contributed by atoms with van der Waals surface area (Å²) in [5, 5.41) is 2.95. The van der Waals surface area contributed by atoms with E-state index in [1.54, 1.807) is 0 Å². The summed E-state index contributed by atoms with van der Waals surface area (Å²) < 4.78 is 0. The lowest BCUT2D eigenvalue weighted by atomic mass is 10.1. The van der Waals surface area contributed by atoms with Crippen molar-refractivity contribution < 1.29 is 4.79 Å². The number of benzene rings is 1. The van der Waals surface area contributed by atoms with Crippen LogP contribution in [0.15, 0.2) is 18.2 Å². The number of fused-ring (bicyclic) bond motifs is 1. The summed E-state index contributed by atoms with van der Waals surface area (Å²) in [4.78, 5) is 11.9. The summed E-state index contributed by atoms with van der Waals surface area (Å²) in [5.41, 5.74) is 9.28. The molecule has 0 heterocycles. The summed E-state index contributed by atoms with van der Waals surface area (Å²) in [6.07, 6.45) is 4.32. The number of rotatable bonds is 4. The van der Waals surface area contributed by atoms with Gasteiger partial charge in [-0.05, 0) is 48.9 Å². The second-order valence-corrected chi connectivity index (χ2v) is 4.67.